The molecule has 1 spiro atoms. The molecule has 15 rings (SSSR count). The molecule has 7 aromatic carbocycles. The molecule has 2 fully saturated rings. The first kappa shape index (κ1) is 49.8. The van der Waals surface area contributed by atoms with Crippen LogP contribution in [0.1, 0.15) is 210 Å². The monoisotopic (exact) mass is 1040 g/mol. The fraction of sp³-hybridized carbons (Fsp3) is 0.413. The van der Waals surface area contributed by atoms with Crippen molar-refractivity contribution >= 4 is 68.4 Å². The van der Waals surface area contributed by atoms with Crippen molar-refractivity contribution < 1.29 is 4.42 Å². The number of anilines is 6. The first-order valence-corrected chi connectivity index (χ1v) is 30.8. The topological polar surface area (TPSA) is 19.6 Å². The minimum Gasteiger partial charge on any atom is -0.468 e. The van der Waals surface area contributed by atoms with Crippen LogP contribution in [-0.4, -0.2) is 6.71 Å². The Morgan fingerprint density at radius 2 is 1.11 bits per heavy atom. The van der Waals surface area contributed by atoms with Crippen LogP contribution in [0, 0.1) is 0 Å². The van der Waals surface area contributed by atoms with Gasteiger partial charge in [-0.2, -0.15) is 0 Å². The molecule has 0 N–H and O–H groups in total. The summed E-state index contributed by atoms with van der Waals surface area (Å²) in [7, 11) is 0. The third kappa shape index (κ3) is 7.23. The van der Waals surface area contributed by atoms with Crippen molar-refractivity contribution in [2.45, 2.75) is 198 Å². The number of hydrogen-bond donors (Lipinski definition) is 0. The van der Waals surface area contributed by atoms with Gasteiger partial charge in [-0.15, -0.1) is 0 Å². The molecule has 3 heterocycles. The number of benzene rings is 7. The smallest absolute Gasteiger partial charge is 0.297 e. The second kappa shape index (κ2) is 16.9. The highest BCUT2D eigenvalue weighted by atomic mass is 16.3. The van der Waals surface area contributed by atoms with Crippen LogP contribution in [0.5, 0.6) is 0 Å². The number of furan rings is 1. The first-order valence-electron chi connectivity index (χ1n) is 30.8. The summed E-state index contributed by atoms with van der Waals surface area (Å²) in [6, 6.07) is 51.9. The fourth-order valence-corrected chi connectivity index (χ4v) is 17.0. The van der Waals surface area contributed by atoms with Gasteiger partial charge in [0.15, 0.2) is 0 Å². The van der Waals surface area contributed by atoms with E-state index < -0.39 is 0 Å². The molecule has 2 aliphatic heterocycles. The van der Waals surface area contributed by atoms with E-state index in [1.54, 1.807) is 0 Å². The van der Waals surface area contributed by atoms with Crippen LogP contribution in [0.15, 0.2) is 132 Å². The van der Waals surface area contributed by atoms with E-state index >= 15 is 0 Å². The van der Waals surface area contributed by atoms with Crippen molar-refractivity contribution in [3.63, 3.8) is 0 Å². The first-order chi connectivity index (χ1) is 37.7. The molecular formula is C75H81BN2O. The summed E-state index contributed by atoms with van der Waals surface area (Å²) in [5, 5.41) is 1.23. The lowest BCUT2D eigenvalue weighted by molar-refractivity contribution is 0.332. The van der Waals surface area contributed by atoms with E-state index in [-0.39, 0.29) is 39.2 Å². The van der Waals surface area contributed by atoms with Crippen molar-refractivity contribution in [2.24, 2.45) is 0 Å². The SMILES string of the molecule is CC(C)(C)c1ccc2c(c1)B1c3oc4cc5c(cc4c3N(c3ccc(-c4ccc6c(c4)C(C)(C)CCC6(C)C)cc3)c3cc(C4CCCCC4)cc(c31)N2c1cccc2c1-c1ccccc1C21CCCC1)C(C)(C)CCC5(C)C. The van der Waals surface area contributed by atoms with Gasteiger partial charge in [-0.25, -0.2) is 0 Å². The summed E-state index contributed by atoms with van der Waals surface area (Å²) in [6.07, 6.45) is 16.1. The zero-order chi connectivity index (χ0) is 54.3. The normalized spacial score (nSPS) is 20.6. The van der Waals surface area contributed by atoms with Crippen molar-refractivity contribution in [1.29, 1.82) is 0 Å². The second-order valence-electron chi connectivity index (χ2n) is 29.5. The third-order valence-corrected chi connectivity index (χ3v) is 21.9. The Kier molecular flexibility index (Phi) is 10.6. The van der Waals surface area contributed by atoms with Crippen molar-refractivity contribution in [2.75, 3.05) is 9.80 Å². The molecule has 400 valence electrons. The average Bonchev–Trinajstić information content (AvgIpc) is 2.71. The van der Waals surface area contributed by atoms with Crippen LogP contribution < -0.4 is 26.4 Å². The lowest BCUT2D eigenvalue weighted by Crippen LogP contribution is -2.61. The highest BCUT2D eigenvalue weighted by Crippen LogP contribution is 2.61. The molecule has 0 bridgehead atoms. The number of fused-ring (bicyclic) bond motifs is 13. The van der Waals surface area contributed by atoms with E-state index in [0.29, 0.717) is 5.92 Å². The molecule has 0 unspecified atom stereocenters. The van der Waals surface area contributed by atoms with Crippen LogP contribution in [0.25, 0.3) is 33.2 Å². The van der Waals surface area contributed by atoms with Crippen LogP contribution in [0.3, 0.4) is 0 Å². The van der Waals surface area contributed by atoms with Gasteiger partial charge in [-0.05, 0) is 205 Å². The molecule has 2 saturated carbocycles. The van der Waals surface area contributed by atoms with Crippen LogP contribution in [-0.2, 0) is 32.5 Å². The number of nitrogens with zero attached hydrogens (tertiary/aromatic N) is 2. The van der Waals surface area contributed by atoms with Crippen LogP contribution in [0.4, 0.5) is 34.1 Å². The largest absolute Gasteiger partial charge is 0.468 e. The van der Waals surface area contributed by atoms with Gasteiger partial charge in [0.2, 0.25) is 0 Å². The number of hydrogen-bond acceptors (Lipinski definition) is 3. The summed E-state index contributed by atoms with van der Waals surface area (Å²) >= 11 is 0. The second-order valence-corrected chi connectivity index (χ2v) is 29.5. The minimum atomic E-state index is -0.122. The van der Waals surface area contributed by atoms with Crippen molar-refractivity contribution in [3.05, 3.63) is 172 Å². The lowest BCUT2D eigenvalue weighted by Gasteiger charge is -2.44. The summed E-state index contributed by atoms with van der Waals surface area (Å²) in [5.41, 5.74) is 30.0. The standard InChI is InChI=1S/C75H81BN2O/c1-70(2,3)50-29-33-61-60(43-50)76-67-63(41-49(46-20-13-12-14-21-46)42-64(67)78(61)62-25-19-24-56-66(62)52-22-15-16-23-54(52)75(56)34-17-18-35-75)77(68-53-44-58-59(45-65(53)79-69(68)76)74(10,11)39-38-73(58,8)9)51-30-26-47(27-31-51)48-28-32-55-57(40-48)72(6,7)37-36-71(55,4)5/h15-16,19,22-33,40-46H,12-14,17-18,20-21,34-39H2,1-11H3. The Balaban J connectivity index is 1.02. The molecule has 1 aromatic heterocycles. The Morgan fingerprint density at radius 1 is 0.494 bits per heavy atom. The van der Waals surface area contributed by atoms with E-state index in [0.717, 1.165) is 24.1 Å². The summed E-state index contributed by atoms with van der Waals surface area (Å²) in [4.78, 5) is 5.44. The number of rotatable bonds is 4. The molecule has 0 radical (unpaired) electrons. The zero-order valence-electron chi connectivity index (χ0n) is 49.3. The lowest BCUT2D eigenvalue weighted by atomic mass is 9.35. The predicted octanol–water partition coefficient (Wildman–Crippen LogP) is 19.1. The van der Waals surface area contributed by atoms with E-state index in [2.05, 4.69) is 213 Å². The molecule has 0 saturated heterocycles. The molecule has 4 heteroatoms. The van der Waals surface area contributed by atoms with Crippen molar-refractivity contribution in [1.82, 2.24) is 0 Å². The van der Waals surface area contributed by atoms with Crippen molar-refractivity contribution in [3.8, 4) is 22.3 Å². The fourth-order valence-electron chi connectivity index (χ4n) is 17.0. The average molecular weight is 1040 g/mol. The molecule has 7 aliphatic rings. The minimum absolute atomic E-state index is 0.0351. The maximum atomic E-state index is 7.79. The quantitative estimate of drug-likeness (QED) is 0.164. The summed E-state index contributed by atoms with van der Waals surface area (Å²) < 4.78 is 7.79. The Morgan fingerprint density at radius 3 is 1.81 bits per heavy atom. The molecular weight excluding hydrogens is 956 g/mol. The third-order valence-electron chi connectivity index (χ3n) is 21.9. The molecule has 3 nitrogen and oxygen atoms in total. The Hall–Kier alpha value is -6.26. The van der Waals surface area contributed by atoms with E-state index in [4.69, 9.17) is 4.42 Å². The molecule has 0 amide bonds. The van der Waals surface area contributed by atoms with Gasteiger partial charge >= 0.3 is 0 Å². The summed E-state index contributed by atoms with van der Waals surface area (Å²) in [5.74, 6) is 0.490. The predicted molar refractivity (Wildman–Crippen MR) is 335 cm³/mol. The maximum Gasteiger partial charge on any atom is 0.297 e. The highest BCUT2D eigenvalue weighted by Gasteiger charge is 2.51. The van der Waals surface area contributed by atoms with Gasteiger partial charge in [0, 0.05) is 39.1 Å². The van der Waals surface area contributed by atoms with E-state index in [1.165, 1.54) is 188 Å². The maximum absolute atomic E-state index is 7.79. The zero-order valence-corrected chi connectivity index (χ0v) is 49.3. The van der Waals surface area contributed by atoms with Gasteiger partial charge in [0.25, 0.3) is 6.71 Å². The van der Waals surface area contributed by atoms with Crippen LogP contribution >= 0.6 is 0 Å². The molecule has 0 atom stereocenters. The van der Waals surface area contributed by atoms with Gasteiger partial charge < -0.3 is 14.2 Å². The van der Waals surface area contributed by atoms with Gasteiger partial charge in [0.1, 0.15) is 5.58 Å². The highest BCUT2D eigenvalue weighted by molar-refractivity contribution is 7.00. The van der Waals surface area contributed by atoms with E-state index in [1.807, 2.05) is 0 Å². The van der Waals surface area contributed by atoms with Gasteiger partial charge in [0.05, 0.1) is 17.0 Å². The summed E-state index contributed by atoms with van der Waals surface area (Å²) in [6.45, 7) is 26.7. The molecule has 79 heavy (non-hydrogen) atoms. The van der Waals surface area contributed by atoms with Crippen LogP contribution in [0.2, 0.25) is 0 Å². The Bertz CT molecular complexity index is 3840. The van der Waals surface area contributed by atoms with E-state index in [9.17, 15) is 0 Å². The molecule has 5 aliphatic carbocycles. The molecule has 8 aromatic rings. The van der Waals surface area contributed by atoms with Gasteiger partial charge in [-0.3, -0.25) is 0 Å². The van der Waals surface area contributed by atoms with Gasteiger partial charge in [-0.1, -0.05) is 187 Å². The Labute approximate surface area is 472 Å².